The molecule has 0 fully saturated rings. The number of hydrogen-bond donors (Lipinski definition) is 1. The van der Waals surface area contributed by atoms with Gasteiger partial charge in [-0.1, -0.05) is 13.3 Å². The Morgan fingerprint density at radius 1 is 1.27 bits per heavy atom. The Hall–Kier alpha value is -3.02. The first kappa shape index (κ1) is 17.8. The number of carboxylic acid groups (broad SMARTS) is 1. The number of aryl methyl sites for hydroxylation is 3. The number of fused-ring (bicyclic) bond motifs is 1. The number of pyridine rings is 2. The fourth-order valence-electron chi connectivity index (χ4n) is 3.15. The molecule has 1 N–H and O–H groups in total. The molecule has 0 amide bonds. The van der Waals surface area contributed by atoms with Gasteiger partial charge in [-0.05, 0) is 38.0 Å². The summed E-state index contributed by atoms with van der Waals surface area (Å²) in [5.41, 5.74) is 5.44. The van der Waals surface area contributed by atoms with Crippen LogP contribution in [0.1, 0.15) is 37.1 Å². The third kappa shape index (κ3) is 3.35. The molecule has 0 atom stereocenters. The molecular formula is C20H22N4O2. The fourth-order valence-corrected chi connectivity index (χ4v) is 3.15. The van der Waals surface area contributed by atoms with Gasteiger partial charge in [0, 0.05) is 47.1 Å². The maximum atomic E-state index is 11.1. The Labute approximate surface area is 152 Å². The van der Waals surface area contributed by atoms with Crippen molar-refractivity contribution >= 4 is 23.1 Å². The van der Waals surface area contributed by atoms with Crippen LogP contribution in [-0.4, -0.2) is 30.8 Å². The number of hydrogen-bond acceptors (Lipinski definition) is 4. The molecule has 0 bridgehead atoms. The SMILES string of the molecule is CCCc1nc2c(cnn2CC)c(-c2cncc(C)c2)c1C=CC(=O)O. The summed E-state index contributed by atoms with van der Waals surface area (Å²) in [6, 6.07) is 2.05. The average Bonchev–Trinajstić information content (AvgIpc) is 3.02. The van der Waals surface area contributed by atoms with E-state index in [9.17, 15) is 4.79 Å². The van der Waals surface area contributed by atoms with Crippen LogP contribution in [0.4, 0.5) is 0 Å². The second-order valence-electron chi connectivity index (χ2n) is 6.22. The first-order chi connectivity index (χ1) is 12.5. The molecule has 6 heteroatoms. The van der Waals surface area contributed by atoms with Crippen LogP contribution in [-0.2, 0) is 17.8 Å². The van der Waals surface area contributed by atoms with Crippen LogP contribution in [0.15, 0.2) is 30.7 Å². The first-order valence-electron chi connectivity index (χ1n) is 8.76. The summed E-state index contributed by atoms with van der Waals surface area (Å²) >= 11 is 0. The van der Waals surface area contributed by atoms with Gasteiger partial charge in [0.1, 0.15) is 0 Å². The normalized spacial score (nSPS) is 11.5. The molecule has 3 heterocycles. The Morgan fingerprint density at radius 2 is 2.08 bits per heavy atom. The average molecular weight is 350 g/mol. The molecule has 3 aromatic heterocycles. The Balaban J connectivity index is 2.40. The van der Waals surface area contributed by atoms with Crippen LogP contribution >= 0.6 is 0 Å². The Kier molecular flexibility index (Phi) is 5.11. The molecule has 6 nitrogen and oxygen atoms in total. The highest BCUT2D eigenvalue weighted by Crippen LogP contribution is 2.34. The largest absolute Gasteiger partial charge is 0.478 e. The van der Waals surface area contributed by atoms with Crippen LogP contribution in [0.25, 0.3) is 28.2 Å². The molecule has 0 saturated carbocycles. The van der Waals surface area contributed by atoms with E-state index in [-0.39, 0.29) is 0 Å². The quantitative estimate of drug-likeness (QED) is 0.683. The van der Waals surface area contributed by atoms with Gasteiger partial charge in [0.25, 0.3) is 0 Å². The predicted molar refractivity (Wildman–Crippen MR) is 102 cm³/mol. The Bertz CT molecular complexity index is 989. The minimum Gasteiger partial charge on any atom is -0.478 e. The van der Waals surface area contributed by atoms with E-state index in [2.05, 4.69) is 23.1 Å². The van der Waals surface area contributed by atoms with Crippen LogP contribution < -0.4 is 0 Å². The standard InChI is InChI=1S/C20H22N4O2/c1-4-6-17-15(7-8-18(25)26)19(14-9-13(3)10-21-11-14)16-12-22-24(5-2)20(16)23-17/h7-12H,4-6H2,1-3H3,(H,25,26). The van der Waals surface area contributed by atoms with E-state index in [4.69, 9.17) is 10.1 Å². The second kappa shape index (κ2) is 7.47. The van der Waals surface area contributed by atoms with E-state index in [1.807, 2.05) is 18.5 Å². The van der Waals surface area contributed by atoms with Gasteiger partial charge in [0.2, 0.25) is 0 Å². The zero-order valence-corrected chi connectivity index (χ0v) is 15.2. The van der Waals surface area contributed by atoms with E-state index in [0.29, 0.717) is 0 Å². The minimum absolute atomic E-state index is 0.720. The van der Waals surface area contributed by atoms with Crippen molar-refractivity contribution in [3.05, 3.63) is 47.6 Å². The van der Waals surface area contributed by atoms with Gasteiger partial charge < -0.3 is 5.11 Å². The Morgan fingerprint density at radius 3 is 2.73 bits per heavy atom. The molecule has 134 valence electrons. The first-order valence-corrected chi connectivity index (χ1v) is 8.76. The molecule has 0 aliphatic rings. The van der Waals surface area contributed by atoms with Crippen molar-refractivity contribution in [2.24, 2.45) is 0 Å². The molecule has 26 heavy (non-hydrogen) atoms. The van der Waals surface area contributed by atoms with E-state index < -0.39 is 5.97 Å². The molecule has 0 unspecified atom stereocenters. The molecular weight excluding hydrogens is 328 g/mol. The van der Waals surface area contributed by atoms with Crippen molar-refractivity contribution in [1.82, 2.24) is 19.7 Å². The third-order valence-corrected chi connectivity index (χ3v) is 4.24. The zero-order chi connectivity index (χ0) is 18.7. The maximum absolute atomic E-state index is 11.1. The van der Waals surface area contributed by atoms with E-state index in [1.54, 1.807) is 24.7 Å². The van der Waals surface area contributed by atoms with Crippen molar-refractivity contribution in [3.8, 4) is 11.1 Å². The summed E-state index contributed by atoms with van der Waals surface area (Å²) in [7, 11) is 0. The lowest BCUT2D eigenvalue weighted by Crippen LogP contribution is -2.03. The number of aliphatic carboxylic acids is 1. The number of carbonyl (C=O) groups is 1. The molecule has 0 radical (unpaired) electrons. The van der Waals surface area contributed by atoms with Crippen LogP contribution in [0.2, 0.25) is 0 Å². The van der Waals surface area contributed by atoms with Crippen molar-refractivity contribution in [3.63, 3.8) is 0 Å². The summed E-state index contributed by atoms with van der Waals surface area (Å²) in [5.74, 6) is -0.981. The highest BCUT2D eigenvalue weighted by Gasteiger charge is 2.18. The number of nitrogens with zero attached hydrogens (tertiary/aromatic N) is 4. The molecule has 0 aliphatic carbocycles. The molecule has 0 saturated heterocycles. The predicted octanol–water partition coefficient (Wildman–Crippen LogP) is 3.87. The van der Waals surface area contributed by atoms with Gasteiger partial charge in [-0.25, -0.2) is 14.5 Å². The molecule has 0 aromatic carbocycles. The summed E-state index contributed by atoms with van der Waals surface area (Å²) < 4.78 is 1.87. The van der Waals surface area contributed by atoms with Crippen LogP contribution in [0.5, 0.6) is 0 Å². The maximum Gasteiger partial charge on any atom is 0.328 e. The molecule has 3 aromatic rings. The summed E-state index contributed by atoms with van der Waals surface area (Å²) in [5, 5.41) is 14.5. The van der Waals surface area contributed by atoms with Crippen molar-refractivity contribution < 1.29 is 9.90 Å². The van der Waals surface area contributed by atoms with Crippen molar-refractivity contribution in [1.29, 1.82) is 0 Å². The monoisotopic (exact) mass is 350 g/mol. The van der Waals surface area contributed by atoms with Gasteiger partial charge in [0.15, 0.2) is 5.65 Å². The third-order valence-electron chi connectivity index (χ3n) is 4.24. The van der Waals surface area contributed by atoms with Crippen molar-refractivity contribution in [2.45, 2.75) is 40.2 Å². The lowest BCUT2D eigenvalue weighted by Gasteiger charge is -2.14. The van der Waals surface area contributed by atoms with Gasteiger partial charge >= 0.3 is 5.97 Å². The summed E-state index contributed by atoms with van der Waals surface area (Å²) in [4.78, 5) is 20.3. The van der Waals surface area contributed by atoms with E-state index >= 15 is 0 Å². The van der Waals surface area contributed by atoms with Gasteiger partial charge in [-0.2, -0.15) is 5.10 Å². The summed E-state index contributed by atoms with van der Waals surface area (Å²) in [6.07, 6.45) is 9.89. The highest BCUT2D eigenvalue weighted by atomic mass is 16.4. The summed E-state index contributed by atoms with van der Waals surface area (Å²) in [6.45, 7) is 6.82. The topological polar surface area (TPSA) is 80.9 Å². The second-order valence-corrected chi connectivity index (χ2v) is 6.22. The number of carboxylic acids is 1. The molecule has 3 rings (SSSR count). The lowest BCUT2D eigenvalue weighted by molar-refractivity contribution is -0.131. The molecule has 0 aliphatic heterocycles. The van der Waals surface area contributed by atoms with Gasteiger partial charge in [-0.3, -0.25) is 4.98 Å². The van der Waals surface area contributed by atoms with Crippen molar-refractivity contribution in [2.75, 3.05) is 0 Å². The van der Waals surface area contributed by atoms with E-state index in [1.165, 1.54) is 6.08 Å². The number of rotatable bonds is 6. The lowest BCUT2D eigenvalue weighted by atomic mass is 9.94. The molecule has 0 spiro atoms. The smallest absolute Gasteiger partial charge is 0.328 e. The van der Waals surface area contributed by atoms with Crippen LogP contribution in [0, 0.1) is 6.92 Å². The van der Waals surface area contributed by atoms with Gasteiger partial charge in [0.05, 0.1) is 11.9 Å². The van der Waals surface area contributed by atoms with E-state index in [0.717, 1.165) is 58.4 Å². The highest BCUT2D eigenvalue weighted by molar-refractivity contribution is 5.99. The van der Waals surface area contributed by atoms with Gasteiger partial charge in [-0.15, -0.1) is 0 Å². The minimum atomic E-state index is -0.981. The zero-order valence-electron chi connectivity index (χ0n) is 15.2. The fraction of sp³-hybridized carbons (Fsp3) is 0.300. The van der Waals surface area contributed by atoms with Crippen LogP contribution in [0.3, 0.4) is 0 Å². The number of aromatic nitrogens is 4.